The third-order valence-corrected chi connectivity index (χ3v) is 28.7. The zero-order valence-corrected chi connectivity index (χ0v) is 76.6. The maximum Gasteiger partial charge on any atom is 0.242 e. The molecule has 0 aliphatic carbocycles. The highest BCUT2D eigenvalue weighted by Crippen LogP contribution is 2.46. The van der Waals surface area contributed by atoms with Crippen molar-refractivity contribution in [3.63, 3.8) is 0 Å². The van der Waals surface area contributed by atoms with Crippen LogP contribution in [0.2, 0.25) is 0 Å². The van der Waals surface area contributed by atoms with Crippen LogP contribution in [-0.2, 0) is 114 Å². The Balaban J connectivity index is 0.000000107. The van der Waals surface area contributed by atoms with Gasteiger partial charge in [-0.2, -0.15) is 10.2 Å². The van der Waals surface area contributed by atoms with E-state index in [9.17, 15) is 19.2 Å². The predicted molar refractivity (Wildman–Crippen MR) is 499 cm³/mol. The van der Waals surface area contributed by atoms with Gasteiger partial charge in [0.1, 0.15) is 61.1 Å². The standard InChI is InChI=1S/C26H29FN4O3.C26H30N4O3.C25H25FN6O2.C25H26N6O2/c1-30-14-22-25(29-26(31(22)15-23(30)32)17-6-10-34-11-7-17)24-19-13-28-21(16-4-8-33-9-5-16)12-18(19)2-3-20(24)27;1-29-15-23-25(28-26(30(23)16-24(29)31)18-7-11-33-12-8-18)20-4-2-3-19-13-22(27-14-21(19)20)17-5-9-32-10-6-17;1-30-13-21-24(29-25(32(21)14-22(30)33)15-5-7-34-8-6-15)23-18-11-27-20(17-10-28-31(2)12-17)9-16(18)3-4-19(23)26;1-29-14-22-24(28-25(31(22)15-23(29)32)16-6-8-33-9-7-16)19-5-3-4-17-10-21(26-12-20(17)19)18-11-27-30(2)13-18/h2-3,12-13,16-17H,4-11,14-15H2,1H3;2-4,13-14,17-18H,5-12,15-16H2,1H3;3-4,9-12,15H,5-8,13-14H2,1-2H3;3-5,10-13,16H,6-9,14-15H2,1-2H3. The van der Waals surface area contributed by atoms with Crippen LogP contribution in [0.15, 0.2) is 135 Å². The first kappa shape index (κ1) is 87.9. The summed E-state index contributed by atoms with van der Waals surface area (Å²) in [5, 5.41) is 16.3. The van der Waals surface area contributed by atoms with E-state index in [1.54, 1.807) is 67.7 Å². The molecule has 0 atom stereocenters. The van der Waals surface area contributed by atoms with Gasteiger partial charge in [0, 0.05) is 261 Å². The van der Waals surface area contributed by atoms with Crippen LogP contribution >= 0.6 is 0 Å². The second-order valence-electron chi connectivity index (χ2n) is 37.2. The number of imidazole rings is 4. The van der Waals surface area contributed by atoms with Crippen molar-refractivity contribution >= 4 is 66.7 Å². The number of rotatable bonds is 12. The molecule has 134 heavy (non-hydrogen) atoms. The largest absolute Gasteiger partial charge is 0.381 e. The highest BCUT2D eigenvalue weighted by atomic mass is 19.1. The molecule has 0 radical (unpaired) electrons. The number of aryl methyl sites for hydroxylation is 2. The van der Waals surface area contributed by atoms with Crippen molar-refractivity contribution in [3.8, 4) is 67.5 Å². The van der Waals surface area contributed by atoms with E-state index in [4.69, 9.17) is 63.3 Å². The number of carbonyl (C=O) groups is 4. The Hall–Kier alpha value is -12.7. The Morgan fingerprint density at radius 1 is 0.306 bits per heavy atom. The number of ether oxygens (including phenoxy) is 6. The molecule has 4 amide bonds. The number of pyridine rings is 4. The van der Waals surface area contributed by atoms with Gasteiger partial charge in [-0.05, 0) is 135 Å². The quantitative estimate of drug-likeness (QED) is 0.110. The molecule has 0 saturated carbocycles. The van der Waals surface area contributed by atoms with Crippen molar-refractivity contribution < 1.29 is 56.4 Å². The van der Waals surface area contributed by atoms with Crippen molar-refractivity contribution in [2.24, 2.45) is 14.1 Å². The van der Waals surface area contributed by atoms with Gasteiger partial charge in [-0.15, -0.1) is 0 Å². The number of carbonyl (C=O) groups excluding carboxylic acids is 4. The summed E-state index contributed by atoms with van der Waals surface area (Å²) in [5.74, 6) is 5.33. The Kier molecular flexibility index (Phi) is 24.7. The number of fused-ring (bicyclic) bond motifs is 8. The van der Waals surface area contributed by atoms with Gasteiger partial charge in [0.15, 0.2) is 0 Å². The molecule has 14 aromatic rings. The first-order valence-corrected chi connectivity index (χ1v) is 47.1. The van der Waals surface area contributed by atoms with Crippen LogP contribution in [0, 0.1) is 11.6 Å². The number of halogens is 2. The fourth-order valence-electron chi connectivity index (χ4n) is 21.1. The van der Waals surface area contributed by atoms with Gasteiger partial charge in [-0.1, -0.05) is 48.5 Å². The third kappa shape index (κ3) is 17.2. The number of likely N-dealkylation sites (N-methyl/N-ethyl adjacent to an activating group) is 4. The summed E-state index contributed by atoms with van der Waals surface area (Å²) < 4.78 is 76.0. The molecule has 10 aliphatic heterocycles. The van der Waals surface area contributed by atoms with Crippen molar-refractivity contribution in [3.05, 3.63) is 204 Å². The third-order valence-electron chi connectivity index (χ3n) is 28.7. The van der Waals surface area contributed by atoms with E-state index in [1.165, 1.54) is 17.5 Å². The van der Waals surface area contributed by atoms with Crippen molar-refractivity contribution in [1.29, 1.82) is 0 Å². The molecular weight excluding hydrogens is 1700 g/mol. The summed E-state index contributed by atoms with van der Waals surface area (Å²) in [5.41, 5.74) is 16.0. The second-order valence-corrected chi connectivity index (χ2v) is 37.2. The van der Waals surface area contributed by atoms with Crippen LogP contribution in [0.5, 0.6) is 0 Å². The Morgan fingerprint density at radius 2 is 0.590 bits per heavy atom. The topological polar surface area (TPSA) is 295 Å². The van der Waals surface area contributed by atoms with Gasteiger partial charge in [0.05, 0.1) is 95.5 Å². The zero-order valence-electron chi connectivity index (χ0n) is 76.6. The lowest BCUT2D eigenvalue weighted by Crippen LogP contribution is -2.37. The number of benzene rings is 4. The molecule has 0 spiro atoms. The van der Waals surface area contributed by atoms with Crippen molar-refractivity contribution in [1.82, 2.24) is 97.3 Å². The molecule has 6 saturated heterocycles. The van der Waals surface area contributed by atoms with E-state index in [2.05, 4.69) is 78.9 Å². The molecule has 10 aliphatic rings. The van der Waals surface area contributed by atoms with Crippen LogP contribution in [0.25, 0.3) is 111 Å². The number of amides is 4. The summed E-state index contributed by atoms with van der Waals surface area (Å²) in [6.45, 7) is 11.9. The highest BCUT2D eigenvalue weighted by molar-refractivity contribution is 6.01. The molecule has 10 aromatic heterocycles. The van der Waals surface area contributed by atoms with Crippen LogP contribution in [0.3, 0.4) is 0 Å². The molecule has 0 N–H and O–H groups in total. The lowest BCUT2D eigenvalue weighted by Gasteiger charge is -2.28. The van der Waals surface area contributed by atoms with Gasteiger partial charge >= 0.3 is 0 Å². The van der Waals surface area contributed by atoms with Gasteiger partial charge < -0.3 is 66.3 Å². The summed E-state index contributed by atoms with van der Waals surface area (Å²) in [6.07, 6.45) is 26.1. The van der Waals surface area contributed by atoms with E-state index in [1.807, 2.05) is 80.4 Å². The minimum atomic E-state index is -0.345. The van der Waals surface area contributed by atoms with Crippen LogP contribution in [0.1, 0.15) is 170 Å². The first-order chi connectivity index (χ1) is 65.4. The Bertz CT molecular complexity index is 6830. The number of nitrogens with zero attached hydrogens (tertiary/aromatic N) is 20. The SMILES string of the molecule is CN1Cc2c(-c3c(F)ccc4cc(-c5cnn(C)c5)ncc34)nc(C3CCOCC3)n2CC1=O.CN1Cc2c(-c3c(F)ccc4cc(C5CCOCC5)ncc34)nc(C3CCOCC3)n2CC1=O.CN1Cc2c(-c3cccc4cc(-c5cnn(C)c5)ncc34)nc(C3CCOCC3)n2CC1=O.CN1Cc2c(-c3cccc4cc(C5CCOCC5)ncc34)nc(C3CCOCC3)n2CC1=O. The van der Waals surface area contributed by atoms with Crippen LogP contribution in [-0.4, -0.2) is 228 Å². The predicted octanol–water partition coefficient (Wildman–Crippen LogP) is 14.7. The van der Waals surface area contributed by atoms with Gasteiger partial charge in [-0.3, -0.25) is 48.5 Å². The molecule has 692 valence electrons. The fraction of sp³-hybridized carbons (Fsp3) is 0.431. The first-order valence-electron chi connectivity index (χ1n) is 47.1. The lowest BCUT2D eigenvalue weighted by molar-refractivity contribution is -0.133. The van der Waals surface area contributed by atoms with Crippen LogP contribution < -0.4 is 0 Å². The molecule has 6 fully saturated rings. The van der Waals surface area contributed by atoms with E-state index in [0.29, 0.717) is 117 Å². The molecule has 30 nitrogen and oxygen atoms in total. The van der Waals surface area contributed by atoms with E-state index >= 15 is 8.78 Å². The summed E-state index contributed by atoms with van der Waals surface area (Å²) in [7, 11) is 11.1. The zero-order chi connectivity index (χ0) is 91.5. The molecule has 32 heteroatoms. The van der Waals surface area contributed by atoms with E-state index in [0.717, 1.165) is 265 Å². The highest BCUT2D eigenvalue weighted by Gasteiger charge is 2.39. The van der Waals surface area contributed by atoms with Gasteiger partial charge in [0.2, 0.25) is 23.6 Å². The molecule has 20 heterocycles. The number of aromatic nitrogens is 16. The fourth-order valence-corrected chi connectivity index (χ4v) is 21.1. The summed E-state index contributed by atoms with van der Waals surface area (Å²) in [4.78, 5) is 96.6. The normalized spacial score (nSPS) is 18.6. The Morgan fingerprint density at radius 3 is 0.925 bits per heavy atom. The average molecular weight is 1810 g/mol. The minimum Gasteiger partial charge on any atom is -0.381 e. The maximum absolute atomic E-state index is 15.5. The van der Waals surface area contributed by atoms with E-state index in [-0.39, 0.29) is 60.2 Å². The number of hydrogen-bond donors (Lipinski definition) is 0. The molecule has 0 bridgehead atoms. The Labute approximate surface area is 773 Å². The summed E-state index contributed by atoms with van der Waals surface area (Å²) >= 11 is 0. The minimum absolute atomic E-state index is 0.0333. The van der Waals surface area contributed by atoms with Gasteiger partial charge in [0.25, 0.3) is 0 Å². The molecular formula is C102H110F2N20O10. The smallest absolute Gasteiger partial charge is 0.242 e. The van der Waals surface area contributed by atoms with E-state index < -0.39 is 0 Å². The maximum atomic E-state index is 15.5. The number of hydrogen-bond acceptors (Lipinski definition) is 20. The summed E-state index contributed by atoms with van der Waals surface area (Å²) in [6, 6.07) is 27.7. The molecule has 24 rings (SSSR count). The van der Waals surface area contributed by atoms with Crippen molar-refractivity contribution in [2.75, 3.05) is 107 Å². The van der Waals surface area contributed by atoms with Gasteiger partial charge in [-0.25, -0.2) is 28.7 Å². The molecule has 0 unspecified atom stereocenters. The van der Waals surface area contributed by atoms with Crippen molar-refractivity contribution in [2.45, 2.75) is 165 Å². The lowest BCUT2D eigenvalue weighted by atomic mass is 9.93. The van der Waals surface area contributed by atoms with Crippen LogP contribution in [0.4, 0.5) is 8.78 Å². The average Bonchev–Trinajstić information content (AvgIpc) is 1.69. The molecule has 4 aromatic carbocycles. The second kappa shape index (κ2) is 37.6. The monoisotopic (exact) mass is 1810 g/mol.